The van der Waals surface area contributed by atoms with Crippen LogP contribution in [0.3, 0.4) is 0 Å². The summed E-state index contributed by atoms with van der Waals surface area (Å²) < 4.78 is 23.9. The molecule has 0 saturated carbocycles. The third-order valence-corrected chi connectivity index (χ3v) is 5.44. The monoisotopic (exact) mass is 513 g/mol. The van der Waals surface area contributed by atoms with Crippen molar-refractivity contribution < 1.29 is 23.7 Å². The van der Waals surface area contributed by atoms with Crippen molar-refractivity contribution in [2.75, 3.05) is 26.1 Å². The minimum absolute atomic E-state index is 0.110. The molecule has 0 atom stereocenters. The standard InChI is InChI=1S/C26H23N7O5/c1-4-37-23-15-33(16-7-10-29-30-13-16)32-25(23)26(34)31-24-6-5-17(14-28-24)38-20-8-9-27-19-12-22(36-3)21(35-2)11-18(19)20/h5-15H,4H2,1-3H3,(H,28,31,34). The normalized spacial score (nSPS) is 10.7. The topological polar surface area (TPSA) is 135 Å². The fraction of sp³-hybridized carbons (Fsp3) is 0.154. The highest BCUT2D eigenvalue weighted by Gasteiger charge is 2.20. The maximum atomic E-state index is 13.0. The Bertz CT molecular complexity index is 1570. The number of benzene rings is 1. The number of aromatic nitrogens is 6. The Morgan fingerprint density at radius 3 is 2.47 bits per heavy atom. The molecular weight excluding hydrogens is 490 g/mol. The Morgan fingerprint density at radius 1 is 0.921 bits per heavy atom. The fourth-order valence-corrected chi connectivity index (χ4v) is 3.68. The van der Waals surface area contributed by atoms with Crippen LogP contribution in [0, 0.1) is 0 Å². The maximum absolute atomic E-state index is 13.0. The van der Waals surface area contributed by atoms with Gasteiger partial charge in [-0.25, -0.2) is 9.67 Å². The van der Waals surface area contributed by atoms with Gasteiger partial charge in [-0.05, 0) is 37.3 Å². The van der Waals surface area contributed by atoms with Crippen LogP contribution in [0.5, 0.6) is 28.7 Å². The molecule has 38 heavy (non-hydrogen) atoms. The summed E-state index contributed by atoms with van der Waals surface area (Å²) in [6, 6.07) is 10.4. The number of carbonyl (C=O) groups is 1. The smallest absolute Gasteiger partial charge is 0.281 e. The van der Waals surface area contributed by atoms with E-state index in [2.05, 4.69) is 30.6 Å². The van der Waals surface area contributed by atoms with E-state index in [1.807, 2.05) is 6.92 Å². The van der Waals surface area contributed by atoms with E-state index in [4.69, 9.17) is 18.9 Å². The quantitative estimate of drug-likeness (QED) is 0.307. The predicted octanol–water partition coefficient (Wildman–Crippen LogP) is 4.07. The second-order valence-corrected chi connectivity index (χ2v) is 7.79. The van der Waals surface area contributed by atoms with E-state index < -0.39 is 5.91 Å². The van der Waals surface area contributed by atoms with Crippen molar-refractivity contribution in [3.05, 3.63) is 73.1 Å². The summed E-state index contributed by atoms with van der Waals surface area (Å²) in [7, 11) is 3.13. The van der Waals surface area contributed by atoms with Crippen molar-refractivity contribution in [2.24, 2.45) is 0 Å². The lowest BCUT2D eigenvalue weighted by atomic mass is 10.2. The van der Waals surface area contributed by atoms with Gasteiger partial charge >= 0.3 is 0 Å². The largest absolute Gasteiger partial charge is 0.493 e. The van der Waals surface area contributed by atoms with Gasteiger partial charge in [0.1, 0.15) is 17.3 Å². The van der Waals surface area contributed by atoms with Gasteiger partial charge in [0.15, 0.2) is 22.9 Å². The van der Waals surface area contributed by atoms with Gasteiger partial charge in [0.2, 0.25) is 0 Å². The Kier molecular flexibility index (Phi) is 6.93. The van der Waals surface area contributed by atoms with Crippen LogP contribution in [-0.2, 0) is 0 Å². The van der Waals surface area contributed by atoms with Crippen molar-refractivity contribution in [2.45, 2.75) is 6.92 Å². The van der Waals surface area contributed by atoms with Crippen molar-refractivity contribution in [3.63, 3.8) is 0 Å². The summed E-state index contributed by atoms with van der Waals surface area (Å²) in [5.74, 6) is 2.33. The van der Waals surface area contributed by atoms with Crippen molar-refractivity contribution in [1.29, 1.82) is 0 Å². The highest BCUT2D eigenvalue weighted by Crippen LogP contribution is 2.36. The number of methoxy groups -OCH3 is 2. The number of amides is 1. The van der Waals surface area contributed by atoms with Gasteiger partial charge in [-0.1, -0.05) is 0 Å². The van der Waals surface area contributed by atoms with Crippen LogP contribution in [0.15, 0.2) is 67.4 Å². The SMILES string of the molecule is CCOc1cn(-c2ccnnc2)nc1C(=O)Nc1ccc(Oc2ccnc3cc(OC)c(OC)cc23)cn1. The first-order valence-electron chi connectivity index (χ1n) is 11.5. The van der Waals surface area contributed by atoms with Gasteiger partial charge in [0.25, 0.3) is 5.91 Å². The third-order valence-electron chi connectivity index (χ3n) is 5.44. The number of fused-ring (bicyclic) bond motifs is 1. The van der Waals surface area contributed by atoms with Crippen LogP contribution in [0.2, 0.25) is 0 Å². The molecule has 0 unspecified atom stereocenters. The second kappa shape index (κ2) is 10.8. The minimum Gasteiger partial charge on any atom is -0.493 e. The Labute approximate surface area is 217 Å². The lowest BCUT2D eigenvalue weighted by Crippen LogP contribution is -2.15. The van der Waals surface area contributed by atoms with E-state index in [-0.39, 0.29) is 5.69 Å². The first-order chi connectivity index (χ1) is 18.6. The molecule has 0 radical (unpaired) electrons. The van der Waals surface area contributed by atoms with E-state index in [0.717, 1.165) is 5.39 Å². The van der Waals surface area contributed by atoms with Crippen LogP contribution in [0.1, 0.15) is 17.4 Å². The molecule has 0 aliphatic heterocycles. The predicted molar refractivity (Wildman–Crippen MR) is 137 cm³/mol. The molecule has 192 valence electrons. The fourth-order valence-electron chi connectivity index (χ4n) is 3.68. The highest BCUT2D eigenvalue weighted by molar-refractivity contribution is 6.04. The van der Waals surface area contributed by atoms with Crippen LogP contribution < -0.4 is 24.3 Å². The summed E-state index contributed by atoms with van der Waals surface area (Å²) in [6.07, 6.45) is 7.83. The summed E-state index contributed by atoms with van der Waals surface area (Å²) in [4.78, 5) is 21.7. The van der Waals surface area contributed by atoms with Crippen LogP contribution in [0.4, 0.5) is 5.82 Å². The van der Waals surface area contributed by atoms with Crippen LogP contribution >= 0.6 is 0 Å². The zero-order valence-electron chi connectivity index (χ0n) is 20.8. The Balaban J connectivity index is 1.34. The molecular formula is C26H23N7O5. The van der Waals surface area contributed by atoms with Gasteiger partial charge in [-0.2, -0.15) is 15.3 Å². The molecule has 5 aromatic rings. The van der Waals surface area contributed by atoms with Crippen molar-refractivity contribution in [1.82, 2.24) is 29.9 Å². The summed E-state index contributed by atoms with van der Waals surface area (Å²) >= 11 is 0. The average Bonchev–Trinajstić information content (AvgIpc) is 3.38. The number of carbonyl (C=O) groups excluding carboxylic acids is 1. The molecule has 1 amide bonds. The van der Waals surface area contributed by atoms with Gasteiger partial charge in [-0.3, -0.25) is 9.78 Å². The van der Waals surface area contributed by atoms with Gasteiger partial charge < -0.3 is 24.3 Å². The number of nitrogens with zero attached hydrogens (tertiary/aromatic N) is 6. The molecule has 0 bridgehead atoms. The van der Waals surface area contributed by atoms with E-state index in [1.165, 1.54) is 23.3 Å². The summed E-state index contributed by atoms with van der Waals surface area (Å²) in [5.41, 5.74) is 1.43. The molecule has 5 rings (SSSR count). The van der Waals surface area contributed by atoms with Crippen molar-refractivity contribution >= 4 is 22.6 Å². The Morgan fingerprint density at radius 2 is 1.76 bits per heavy atom. The molecule has 0 saturated heterocycles. The lowest BCUT2D eigenvalue weighted by molar-refractivity contribution is 0.101. The summed E-state index contributed by atoms with van der Waals surface area (Å²) in [5, 5.41) is 15.4. The molecule has 0 aliphatic rings. The van der Waals surface area contributed by atoms with E-state index in [0.29, 0.717) is 52.4 Å². The van der Waals surface area contributed by atoms with Gasteiger partial charge in [0.05, 0.1) is 56.8 Å². The average molecular weight is 514 g/mol. The number of hydrogen-bond donors (Lipinski definition) is 1. The molecule has 4 aromatic heterocycles. The summed E-state index contributed by atoms with van der Waals surface area (Å²) in [6.45, 7) is 2.19. The van der Waals surface area contributed by atoms with Gasteiger partial charge in [0, 0.05) is 17.6 Å². The first-order valence-corrected chi connectivity index (χ1v) is 11.5. The third kappa shape index (κ3) is 5.00. The zero-order valence-corrected chi connectivity index (χ0v) is 20.8. The molecule has 12 heteroatoms. The lowest BCUT2D eigenvalue weighted by Gasteiger charge is -2.12. The highest BCUT2D eigenvalue weighted by atomic mass is 16.5. The number of ether oxygens (including phenoxy) is 4. The van der Waals surface area contributed by atoms with E-state index in [9.17, 15) is 4.79 Å². The maximum Gasteiger partial charge on any atom is 0.281 e. The molecule has 0 spiro atoms. The van der Waals surface area contributed by atoms with Crippen LogP contribution in [-0.4, -0.2) is 56.7 Å². The number of nitrogens with one attached hydrogen (secondary N) is 1. The minimum atomic E-state index is -0.475. The number of rotatable bonds is 9. The first kappa shape index (κ1) is 24.4. The molecule has 0 aliphatic carbocycles. The number of pyridine rings is 2. The molecule has 12 nitrogen and oxygen atoms in total. The number of anilines is 1. The van der Waals surface area contributed by atoms with Crippen molar-refractivity contribution in [3.8, 4) is 34.4 Å². The molecule has 1 N–H and O–H groups in total. The van der Waals surface area contributed by atoms with Crippen LogP contribution in [0.25, 0.3) is 16.6 Å². The van der Waals surface area contributed by atoms with E-state index >= 15 is 0 Å². The molecule has 0 fully saturated rings. The number of hydrogen-bond acceptors (Lipinski definition) is 10. The second-order valence-electron chi connectivity index (χ2n) is 7.79. The zero-order chi connectivity index (χ0) is 26.5. The molecule has 1 aromatic carbocycles. The van der Waals surface area contributed by atoms with Gasteiger partial charge in [-0.15, -0.1) is 0 Å². The molecule has 4 heterocycles. The van der Waals surface area contributed by atoms with E-state index in [1.54, 1.807) is 63.0 Å². The Hall–Kier alpha value is -5.26.